The van der Waals surface area contributed by atoms with Gasteiger partial charge in [0, 0.05) is 0 Å². The number of aromatic hydroxyl groups is 1. The van der Waals surface area contributed by atoms with Crippen molar-refractivity contribution < 1.29 is 44.4 Å². The molecular formula is C17H21N3O9. The lowest BCUT2D eigenvalue weighted by molar-refractivity contribution is -0.148. The first kappa shape index (κ1) is 23.4. The van der Waals surface area contributed by atoms with Gasteiger partial charge in [-0.05, 0) is 24.1 Å². The summed E-state index contributed by atoms with van der Waals surface area (Å²) in [6.07, 6.45) is -1.79. The van der Waals surface area contributed by atoms with E-state index in [4.69, 9.17) is 21.1 Å². The monoisotopic (exact) mass is 411 g/mol. The van der Waals surface area contributed by atoms with E-state index < -0.39 is 60.7 Å². The summed E-state index contributed by atoms with van der Waals surface area (Å²) >= 11 is 0. The van der Waals surface area contributed by atoms with Crippen molar-refractivity contribution in [3.63, 3.8) is 0 Å². The van der Waals surface area contributed by atoms with Crippen molar-refractivity contribution in [1.29, 1.82) is 0 Å². The maximum absolute atomic E-state index is 12.2. The molecule has 1 aromatic carbocycles. The van der Waals surface area contributed by atoms with Crippen LogP contribution in [-0.2, 0) is 30.4 Å². The Morgan fingerprint density at radius 2 is 1.31 bits per heavy atom. The number of rotatable bonds is 11. The number of carboxylic acid groups (broad SMARTS) is 3. The Balaban J connectivity index is 2.82. The molecule has 0 radical (unpaired) electrons. The Hall–Kier alpha value is -3.67. The first-order chi connectivity index (χ1) is 13.5. The second-order valence-corrected chi connectivity index (χ2v) is 6.13. The van der Waals surface area contributed by atoms with Crippen LogP contribution in [-0.4, -0.2) is 68.3 Å². The predicted molar refractivity (Wildman–Crippen MR) is 95.8 cm³/mol. The lowest BCUT2D eigenvalue weighted by atomic mass is 10.0. The summed E-state index contributed by atoms with van der Waals surface area (Å²) in [4.78, 5) is 57.2. The maximum Gasteiger partial charge on any atom is 0.326 e. The van der Waals surface area contributed by atoms with E-state index in [0.717, 1.165) is 0 Å². The van der Waals surface area contributed by atoms with Crippen molar-refractivity contribution in [1.82, 2.24) is 10.6 Å². The molecule has 12 nitrogen and oxygen atoms in total. The van der Waals surface area contributed by atoms with E-state index in [1.54, 1.807) is 0 Å². The number of phenolic OH excluding ortho intramolecular Hbond substituents is 1. The number of phenols is 1. The van der Waals surface area contributed by atoms with Crippen molar-refractivity contribution in [3.8, 4) is 5.75 Å². The zero-order chi connectivity index (χ0) is 22.1. The van der Waals surface area contributed by atoms with Crippen LogP contribution in [0.25, 0.3) is 0 Å². The minimum atomic E-state index is -1.81. The Morgan fingerprint density at radius 3 is 1.79 bits per heavy atom. The van der Waals surface area contributed by atoms with Crippen LogP contribution in [0.5, 0.6) is 5.75 Å². The van der Waals surface area contributed by atoms with Gasteiger partial charge < -0.3 is 36.8 Å². The van der Waals surface area contributed by atoms with Gasteiger partial charge in [0.15, 0.2) is 0 Å². The molecular weight excluding hydrogens is 390 g/mol. The Kier molecular flexibility index (Phi) is 8.55. The fourth-order valence-corrected chi connectivity index (χ4v) is 2.29. The van der Waals surface area contributed by atoms with Crippen LogP contribution >= 0.6 is 0 Å². The molecule has 29 heavy (non-hydrogen) atoms. The van der Waals surface area contributed by atoms with Crippen LogP contribution < -0.4 is 16.4 Å². The Morgan fingerprint density at radius 1 is 0.828 bits per heavy atom. The molecule has 8 N–H and O–H groups in total. The van der Waals surface area contributed by atoms with Crippen LogP contribution in [0, 0.1) is 0 Å². The fraction of sp³-hybridized carbons (Fsp3) is 0.353. The van der Waals surface area contributed by atoms with Crippen molar-refractivity contribution in [2.75, 3.05) is 0 Å². The van der Waals surface area contributed by atoms with Gasteiger partial charge in [0.2, 0.25) is 11.8 Å². The standard InChI is InChI=1S/C17H21N3O9/c18-10(5-8-1-3-9(21)4-2-8)15(26)19-11(6-13(22)23)16(27)20-12(17(28)29)7-14(24)25/h1-4,10-12,21H,5-7,18H2,(H,19,26)(H,20,27)(H,22,23)(H,24,25)(H,28,29). The van der Waals surface area contributed by atoms with Crippen LogP contribution in [0.4, 0.5) is 0 Å². The van der Waals surface area contributed by atoms with Gasteiger partial charge in [0.05, 0.1) is 18.9 Å². The summed E-state index contributed by atoms with van der Waals surface area (Å²) in [5.41, 5.74) is 6.35. The zero-order valence-electron chi connectivity index (χ0n) is 15.1. The molecule has 1 aromatic rings. The molecule has 3 unspecified atom stereocenters. The van der Waals surface area contributed by atoms with Crippen molar-refractivity contribution in [3.05, 3.63) is 29.8 Å². The number of nitrogens with two attached hydrogens (primary N) is 1. The van der Waals surface area contributed by atoms with Crippen LogP contribution in [0.1, 0.15) is 18.4 Å². The molecule has 3 atom stereocenters. The highest BCUT2D eigenvalue weighted by Gasteiger charge is 2.30. The second-order valence-electron chi connectivity index (χ2n) is 6.13. The number of carbonyl (C=O) groups is 5. The van der Waals surface area contributed by atoms with Crippen LogP contribution in [0.15, 0.2) is 24.3 Å². The average molecular weight is 411 g/mol. The number of benzene rings is 1. The fourth-order valence-electron chi connectivity index (χ4n) is 2.29. The van der Waals surface area contributed by atoms with Gasteiger partial charge in [-0.25, -0.2) is 4.79 Å². The molecule has 0 spiro atoms. The third kappa shape index (κ3) is 8.26. The van der Waals surface area contributed by atoms with Gasteiger partial charge in [0.1, 0.15) is 17.8 Å². The highest BCUT2D eigenvalue weighted by molar-refractivity contribution is 5.94. The zero-order valence-corrected chi connectivity index (χ0v) is 15.1. The highest BCUT2D eigenvalue weighted by atomic mass is 16.4. The van der Waals surface area contributed by atoms with E-state index >= 15 is 0 Å². The number of carboxylic acids is 3. The number of hydrogen-bond donors (Lipinski definition) is 7. The first-order valence-electron chi connectivity index (χ1n) is 8.30. The summed E-state index contributed by atoms with van der Waals surface area (Å²) in [6.45, 7) is 0. The van der Waals surface area contributed by atoms with Gasteiger partial charge >= 0.3 is 17.9 Å². The van der Waals surface area contributed by atoms with E-state index in [1.807, 2.05) is 5.32 Å². The van der Waals surface area contributed by atoms with Crippen molar-refractivity contribution in [2.45, 2.75) is 37.4 Å². The molecule has 0 aliphatic heterocycles. The molecule has 0 aromatic heterocycles. The molecule has 0 fully saturated rings. The summed E-state index contributed by atoms with van der Waals surface area (Å²) in [6, 6.07) is 1.17. The Bertz CT molecular complexity index is 779. The molecule has 0 saturated carbocycles. The van der Waals surface area contributed by atoms with Gasteiger partial charge in [-0.3, -0.25) is 19.2 Å². The summed E-state index contributed by atoms with van der Waals surface area (Å²) < 4.78 is 0. The SMILES string of the molecule is NC(Cc1ccc(O)cc1)C(=O)NC(CC(=O)O)C(=O)NC(CC(=O)O)C(=O)O. The van der Waals surface area contributed by atoms with Gasteiger partial charge in [-0.15, -0.1) is 0 Å². The summed E-state index contributed by atoms with van der Waals surface area (Å²) in [5, 5.41) is 39.9. The molecule has 0 aliphatic rings. The third-order valence-corrected chi connectivity index (χ3v) is 3.73. The van der Waals surface area contributed by atoms with Crippen LogP contribution in [0.3, 0.4) is 0 Å². The topological polar surface area (TPSA) is 216 Å². The maximum atomic E-state index is 12.2. The van der Waals surface area contributed by atoms with Crippen LogP contribution in [0.2, 0.25) is 0 Å². The molecule has 1 rings (SSSR count). The number of aliphatic carboxylic acids is 3. The van der Waals surface area contributed by atoms with E-state index in [-0.39, 0.29) is 12.2 Å². The third-order valence-electron chi connectivity index (χ3n) is 3.73. The van der Waals surface area contributed by atoms with Gasteiger partial charge in [-0.1, -0.05) is 12.1 Å². The summed E-state index contributed by atoms with van der Waals surface area (Å²) in [7, 11) is 0. The number of carbonyl (C=O) groups excluding carboxylic acids is 2. The quantitative estimate of drug-likeness (QED) is 0.218. The Labute approximate surface area is 164 Å². The smallest absolute Gasteiger partial charge is 0.326 e. The second kappa shape index (κ2) is 10.6. The predicted octanol–water partition coefficient (Wildman–Crippen LogP) is -1.73. The largest absolute Gasteiger partial charge is 0.508 e. The minimum Gasteiger partial charge on any atom is -0.508 e. The van der Waals surface area contributed by atoms with Gasteiger partial charge in [-0.2, -0.15) is 0 Å². The normalized spacial score (nSPS) is 13.6. The molecule has 158 valence electrons. The van der Waals surface area contributed by atoms with E-state index in [0.29, 0.717) is 5.56 Å². The van der Waals surface area contributed by atoms with E-state index in [1.165, 1.54) is 24.3 Å². The van der Waals surface area contributed by atoms with Crippen molar-refractivity contribution in [2.24, 2.45) is 5.73 Å². The first-order valence-corrected chi connectivity index (χ1v) is 8.30. The lowest BCUT2D eigenvalue weighted by Crippen LogP contribution is -2.55. The molecule has 0 aliphatic carbocycles. The number of nitrogens with one attached hydrogen (secondary N) is 2. The molecule has 2 amide bonds. The molecule has 12 heteroatoms. The molecule has 0 heterocycles. The number of amides is 2. The highest BCUT2D eigenvalue weighted by Crippen LogP contribution is 2.11. The van der Waals surface area contributed by atoms with E-state index in [2.05, 4.69) is 5.32 Å². The molecule has 0 saturated heterocycles. The average Bonchev–Trinajstić information content (AvgIpc) is 2.61. The van der Waals surface area contributed by atoms with Crippen molar-refractivity contribution >= 4 is 29.7 Å². The number of hydrogen-bond acceptors (Lipinski definition) is 7. The molecule has 0 bridgehead atoms. The minimum absolute atomic E-state index is 0.0133. The summed E-state index contributed by atoms with van der Waals surface area (Å²) in [5.74, 6) is -6.62. The lowest BCUT2D eigenvalue weighted by Gasteiger charge is -2.21. The van der Waals surface area contributed by atoms with Gasteiger partial charge in [0.25, 0.3) is 0 Å². The van der Waals surface area contributed by atoms with E-state index in [9.17, 15) is 29.1 Å².